The first kappa shape index (κ1) is 11.3. The van der Waals surface area contributed by atoms with Crippen LogP contribution in [0.25, 0.3) is 0 Å². The van der Waals surface area contributed by atoms with E-state index in [0.717, 1.165) is 16.8 Å². The van der Waals surface area contributed by atoms with E-state index in [4.69, 9.17) is 4.74 Å². The Morgan fingerprint density at radius 1 is 1.29 bits per heavy atom. The highest BCUT2D eigenvalue weighted by molar-refractivity contribution is 9.10. The first-order valence-electron chi connectivity index (χ1n) is 4.51. The van der Waals surface area contributed by atoms with Crippen LogP contribution in [-0.2, 0) is 0 Å². The highest BCUT2D eigenvalue weighted by Gasteiger charge is 1.90. The smallest absolute Gasteiger partial charge is 0.119 e. The summed E-state index contributed by atoms with van der Waals surface area (Å²) in [5.74, 6) is 0.891. The highest BCUT2D eigenvalue weighted by Crippen LogP contribution is 2.15. The molecule has 0 aliphatic rings. The number of halogens is 1. The van der Waals surface area contributed by atoms with E-state index in [-0.39, 0.29) is 0 Å². The average molecular weight is 256 g/mol. The van der Waals surface area contributed by atoms with E-state index < -0.39 is 0 Å². The Hall–Kier alpha value is -0.800. The van der Waals surface area contributed by atoms with Crippen LogP contribution in [0.3, 0.4) is 0 Å². The Labute approximate surface area is 93.1 Å². The van der Waals surface area contributed by atoms with E-state index >= 15 is 0 Å². The van der Waals surface area contributed by atoms with Crippen molar-refractivity contribution in [2.75, 3.05) is 20.2 Å². The summed E-state index contributed by atoms with van der Waals surface area (Å²) in [6.07, 6.45) is 4.04. The van der Waals surface area contributed by atoms with Gasteiger partial charge in [0.25, 0.3) is 0 Å². The van der Waals surface area contributed by atoms with Gasteiger partial charge in [-0.1, -0.05) is 28.1 Å². The zero-order chi connectivity index (χ0) is 10.2. The van der Waals surface area contributed by atoms with Gasteiger partial charge in [-0.3, -0.25) is 0 Å². The van der Waals surface area contributed by atoms with Gasteiger partial charge in [0, 0.05) is 11.0 Å². The zero-order valence-electron chi connectivity index (χ0n) is 8.16. The van der Waals surface area contributed by atoms with Gasteiger partial charge in [0.2, 0.25) is 0 Å². The zero-order valence-corrected chi connectivity index (χ0v) is 9.75. The molecule has 0 fully saturated rings. The minimum Gasteiger partial charge on any atom is -0.490 e. The monoisotopic (exact) mass is 255 g/mol. The molecule has 0 spiro atoms. The maximum Gasteiger partial charge on any atom is 0.119 e. The summed E-state index contributed by atoms with van der Waals surface area (Å²) in [5.41, 5.74) is 0. The Bertz CT molecular complexity index is 282. The molecule has 1 aromatic carbocycles. The van der Waals surface area contributed by atoms with Gasteiger partial charge in [-0.25, -0.2) is 0 Å². The van der Waals surface area contributed by atoms with Crippen LogP contribution in [0.4, 0.5) is 0 Å². The molecule has 0 unspecified atom stereocenters. The lowest BCUT2D eigenvalue weighted by Crippen LogP contribution is -2.04. The van der Waals surface area contributed by atoms with Crippen molar-refractivity contribution in [3.63, 3.8) is 0 Å². The van der Waals surface area contributed by atoms with E-state index in [1.807, 2.05) is 43.5 Å². The van der Waals surface area contributed by atoms with Crippen LogP contribution in [-0.4, -0.2) is 20.2 Å². The van der Waals surface area contributed by atoms with Gasteiger partial charge >= 0.3 is 0 Å². The van der Waals surface area contributed by atoms with E-state index in [1.54, 1.807) is 0 Å². The molecule has 0 atom stereocenters. The molecule has 0 amide bonds. The number of rotatable bonds is 5. The van der Waals surface area contributed by atoms with E-state index in [2.05, 4.69) is 21.2 Å². The largest absolute Gasteiger partial charge is 0.490 e. The SMILES string of the molecule is CNCC=CCOc1ccc(Br)cc1. The Balaban J connectivity index is 2.28. The second kappa shape index (κ2) is 6.62. The lowest BCUT2D eigenvalue weighted by atomic mass is 10.3. The number of benzene rings is 1. The number of hydrogen-bond acceptors (Lipinski definition) is 2. The molecule has 0 saturated heterocycles. The van der Waals surface area contributed by atoms with Crippen LogP contribution in [0.15, 0.2) is 40.9 Å². The van der Waals surface area contributed by atoms with Crippen molar-refractivity contribution in [3.8, 4) is 5.75 Å². The summed E-state index contributed by atoms with van der Waals surface area (Å²) in [4.78, 5) is 0. The molecule has 0 aliphatic heterocycles. The van der Waals surface area contributed by atoms with Gasteiger partial charge in [-0.2, -0.15) is 0 Å². The topological polar surface area (TPSA) is 21.3 Å². The molecule has 0 heterocycles. The van der Waals surface area contributed by atoms with Crippen molar-refractivity contribution in [3.05, 3.63) is 40.9 Å². The second-order valence-corrected chi connectivity index (χ2v) is 3.71. The second-order valence-electron chi connectivity index (χ2n) is 2.79. The maximum atomic E-state index is 5.47. The van der Waals surface area contributed by atoms with Crippen LogP contribution in [0, 0.1) is 0 Å². The Morgan fingerprint density at radius 2 is 2.00 bits per heavy atom. The maximum absolute atomic E-state index is 5.47. The summed E-state index contributed by atoms with van der Waals surface area (Å²) in [7, 11) is 1.92. The van der Waals surface area contributed by atoms with E-state index in [9.17, 15) is 0 Å². The van der Waals surface area contributed by atoms with Gasteiger partial charge in [0.1, 0.15) is 12.4 Å². The van der Waals surface area contributed by atoms with E-state index in [0.29, 0.717) is 6.61 Å². The number of hydrogen-bond donors (Lipinski definition) is 1. The summed E-state index contributed by atoms with van der Waals surface area (Å²) in [5, 5.41) is 3.03. The Kier molecular flexibility index (Phi) is 5.33. The molecule has 2 nitrogen and oxygen atoms in total. The fourth-order valence-corrected chi connectivity index (χ4v) is 1.21. The summed E-state index contributed by atoms with van der Waals surface area (Å²) in [6.45, 7) is 1.49. The third kappa shape index (κ3) is 4.44. The lowest BCUT2D eigenvalue weighted by molar-refractivity contribution is 0.362. The van der Waals surface area contributed by atoms with Crippen molar-refractivity contribution in [1.29, 1.82) is 0 Å². The minimum absolute atomic E-state index is 0.614. The molecule has 1 aromatic rings. The third-order valence-corrected chi connectivity index (χ3v) is 2.18. The average Bonchev–Trinajstić information content (AvgIpc) is 2.21. The molecule has 76 valence electrons. The number of ether oxygens (including phenoxy) is 1. The molecule has 1 N–H and O–H groups in total. The first-order chi connectivity index (χ1) is 6.83. The van der Waals surface area contributed by atoms with E-state index in [1.165, 1.54) is 0 Å². The van der Waals surface area contributed by atoms with Crippen LogP contribution >= 0.6 is 15.9 Å². The molecular weight excluding hydrogens is 242 g/mol. The molecule has 3 heteroatoms. The van der Waals surface area contributed by atoms with Gasteiger partial charge in [0.15, 0.2) is 0 Å². The van der Waals surface area contributed by atoms with Gasteiger partial charge < -0.3 is 10.1 Å². The van der Waals surface area contributed by atoms with Crippen molar-refractivity contribution in [2.24, 2.45) is 0 Å². The molecule has 0 aliphatic carbocycles. The normalized spacial score (nSPS) is 10.7. The molecule has 0 radical (unpaired) electrons. The summed E-state index contributed by atoms with van der Waals surface area (Å²) in [6, 6.07) is 7.81. The quantitative estimate of drug-likeness (QED) is 0.817. The fraction of sp³-hybridized carbons (Fsp3) is 0.273. The van der Waals surface area contributed by atoms with Crippen LogP contribution in [0.1, 0.15) is 0 Å². The third-order valence-electron chi connectivity index (χ3n) is 1.65. The molecule has 14 heavy (non-hydrogen) atoms. The minimum atomic E-state index is 0.614. The van der Waals surface area contributed by atoms with Gasteiger partial charge in [-0.15, -0.1) is 0 Å². The van der Waals surface area contributed by atoms with Crippen molar-refractivity contribution in [2.45, 2.75) is 0 Å². The van der Waals surface area contributed by atoms with Crippen molar-refractivity contribution < 1.29 is 4.74 Å². The van der Waals surface area contributed by atoms with Crippen molar-refractivity contribution in [1.82, 2.24) is 5.32 Å². The van der Waals surface area contributed by atoms with Crippen LogP contribution in [0.2, 0.25) is 0 Å². The van der Waals surface area contributed by atoms with Crippen LogP contribution < -0.4 is 10.1 Å². The molecule has 0 aromatic heterocycles. The number of likely N-dealkylation sites (N-methyl/N-ethyl adjacent to an activating group) is 1. The standard InChI is InChI=1S/C11H14BrNO/c1-13-8-2-3-9-14-11-6-4-10(12)5-7-11/h2-7,13H,8-9H2,1H3. The van der Waals surface area contributed by atoms with Gasteiger partial charge in [-0.05, 0) is 31.3 Å². The first-order valence-corrected chi connectivity index (χ1v) is 5.30. The fourth-order valence-electron chi connectivity index (χ4n) is 0.944. The highest BCUT2D eigenvalue weighted by atomic mass is 79.9. The van der Waals surface area contributed by atoms with Crippen molar-refractivity contribution >= 4 is 15.9 Å². The molecule has 0 bridgehead atoms. The molecular formula is C11H14BrNO. The number of nitrogens with one attached hydrogen (secondary N) is 1. The predicted octanol–water partition coefficient (Wildman–Crippen LogP) is 2.60. The lowest BCUT2D eigenvalue weighted by Gasteiger charge is -2.02. The predicted molar refractivity (Wildman–Crippen MR) is 62.7 cm³/mol. The van der Waals surface area contributed by atoms with Crippen LogP contribution in [0.5, 0.6) is 5.75 Å². The molecule has 1 rings (SSSR count). The Morgan fingerprint density at radius 3 is 2.64 bits per heavy atom. The summed E-state index contributed by atoms with van der Waals surface area (Å²) < 4.78 is 6.54. The summed E-state index contributed by atoms with van der Waals surface area (Å²) >= 11 is 3.37. The van der Waals surface area contributed by atoms with Gasteiger partial charge in [0.05, 0.1) is 0 Å². The molecule has 0 saturated carbocycles.